The molecule has 3 nitrogen and oxygen atoms in total. The zero-order valence-electron chi connectivity index (χ0n) is 9.40. The number of rotatable bonds is 4. The molecule has 0 saturated heterocycles. The lowest BCUT2D eigenvalue weighted by molar-refractivity contribution is -0.142. The van der Waals surface area contributed by atoms with Gasteiger partial charge in [-0.15, -0.1) is 0 Å². The number of aryl methyl sites for hydroxylation is 1. The molecular formula is C12H17NO2. The molecule has 0 aliphatic carbocycles. The number of carboxylic acids is 1. The van der Waals surface area contributed by atoms with Crippen LogP contribution in [0.2, 0.25) is 0 Å². The average Bonchev–Trinajstić information content (AvgIpc) is 2.15. The predicted molar refractivity (Wildman–Crippen MR) is 60.0 cm³/mol. The highest BCUT2D eigenvalue weighted by molar-refractivity contribution is 5.73. The molecule has 1 rings (SSSR count). The van der Waals surface area contributed by atoms with Gasteiger partial charge in [0.15, 0.2) is 0 Å². The van der Waals surface area contributed by atoms with Crippen molar-refractivity contribution in [3.05, 3.63) is 35.4 Å². The molecule has 3 heteroatoms. The highest BCUT2D eigenvalue weighted by Gasteiger charge is 2.19. The van der Waals surface area contributed by atoms with E-state index in [-0.39, 0.29) is 0 Å². The average molecular weight is 207 g/mol. The van der Waals surface area contributed by atoms with E-state index in [1.165, 1.54) is 5.56 Å². The van der Waals surface area contributed by atoms with Crippen LogP contribution in [0.1, 0.15) is 11.1 Å². The molecule has 15 heavy (non-hydrogen) atoms. The normalized spacial score (nSPS) is 12.8. The van der Waals surface area contributed by atoms with Crippen LogP contribution in [0.15, 0.2) is 24.3 Å². The first-order chi connectivity index (χ1) is 7.00. The first kappa shape index (κ1) is 11.7. The lowest BCUT2D eigenvalue weighted by Crippen LogP contribution is -2.37. The second-order valence-corrected chi connectivity index (χ2v) is 4.01. The van der Waals surface area contributed by atoms with Crippen LogP contribution in [0.5, 0.6) is 0 Å². The summed E-state index contributed by atoms with van der Waals surface area (Å²) in [6, 6.07) is 7.52. The zero-order chi connectivity index (χ0) is 11.4. The monoisotopic (exact) mass is 207 g/mol. The van der Waals surface area contributed by atoms with Gasteiger partial charge in [0, 0.05) is 0 Å². The summed E-state index contributed by atoms with van der Waals surface area (Å²) in [5.41, 5.74) is 2.25. The molecule has 0 spiro atoms. The summed E-state index contributed by atoms with van der Waals surface area (Å²) in [6.07, 6.45) is 0.544. The van der Waals surface area contributed by atoms with E-state index in [4.69, 9.17) is 5.11 Å². The molecule has 0 saturated carbocycles. The first-order valence-corrected chi connectivity index (χ1v) is 4.95. The highest BCUT2D eigenvalue weighted by Crippen LogP contribution is 2.08. The Labute approximate surface area is 90.3 Å². The Morgan fingerprint density at radius 3 is 2.27 bits per heavy atom. The molecule has 1 N–H and O–H groups in total. The van der Waals surface area contributed by atoms with Crippen molar-refractivity contribution in [3.63, 3.8) is 0 Å². The van der Waals surface area contributed by atoms with Gasteiger partial charge in [-0.25, -0.2) is 0 Å². The van der Waals surface area contributed by atoms with E-state index in [9.17, 15) is 4.79 Å². The van der Waals surface area contributed by atoms with Gasteiger partial charge >= 0.3 is 5.97 Å². The second kappa shape index (κ2) is 4.94. The van der Waals surface area contributed by atoms with Gasteiger partial charge in [0.05, 0.1) is 0 Å². The fraction of sp³-hybridized carbons (Fsp3) is 0.417. The molecule has 82 valence electrons. The van der Waals surface area contributed by atoms with Crippen molar-refractivity contribution < 1.29 is 9.90 Å². The zero-order valence-corrected chi connectivity index (χ0v) is 9.40. The van der Waals surface area contributed by atoms with Gasteiger partial charge in [-0.2, -0.15) is 0 Å². The van der Waals surface area contributed by atoms with Gasteiger partial charge in [0.1, 0.15) is 6.04 Å². The number of aliphatic carboxylic acids is 1. The predicted octanol–water partition coefficient (Wildman–Crippen LogP) is 1.55. The third kappa shape index (κ3) is 3.36. The molecule has 0 aliphatic heterocycles. The van der Waals surface area contributed by atoms with Crippen molar-refractivity contribution in [3.8, 4) is 0 Å². The highest BCUT2D eigenvalue weighted by atomic mass is 16.4. The lowest BCUT2D eigenvalue weighted by atomic mass is 10.0. The number of benzene rings is 1. The second-order valence-electron chi connectivity index (χ2n) is 4.01. The van der Waals surface area contributed by atoms with Gasteiger partial charge in [-0.05, 0) is 33.0 Å². The van der Waals surface area contributed by atoms with Crippen molar-refractivity contribution in [1.29, 1.82) is 0 Å². The summed E-state index contributed by atoms with van der Waals surface area (Å²) in [5, 5.41) is 9.02. The SMILES string of the molecule is Cc1ccc(C[C@H](C(=O)O)N(C)C)cc1. The Morgan fingerprint density at radius 1 is 1.33 bits per heavy atom. The third-order valence-corrected chi connectivity index (χ3v) is 2.46. The van der Waals surface area contributed by atoms with Crippen molar-refractivity contribution in [1.82, 2.24) is 4.90 Å². The van der Waals surface area contributed by atoms with E-state index >= 15 is 0 Å². The van der Waals surface area contributed by atoms with Crippen molar-refractivity contribution >= 4 is 5.97 Å². The van der Waals surface area contributed by atoms with Crippen molar-refractivity contribution in [2.45, 2.75) is 19.4 Å². The maximum Gasteiger partial charge on any atom is 0.321 e. The standard InChI is InChI=1S/C12H17NO2/c1-9-4-6-10(7-5-9)8-11(12(14)15)13(2)3/h4-7,11H,8H2,1-3H3,(H,14,15)/t11-/m1/s1. The van der Waals surface area contributed by atoms with Crippen molar-refractivity contribution in [2.75, 3.05) is 14.1 Å². The quantitative estimate of drug-likeness (QED) is 0.814. The van der Waals surface area contributed by atoms with E-state index in [1.54, 1.807) is 19.0 Å². The summed E-state index contributed by atoms with van der Waals surface area (Å²) in [5.74, 6) is -0.777. The van der Waals surface area contributed by atoms with Crippen LogP contribution >= 0.6 is 0 Å². The molecule has 0 heterocycles. The molecule has 1 aromatic carbocycles. The van der Waals surface area contributed by atoms with E-state index in [0.29, 0.717) is 6.42 Å². The molecule has 0 fully saturated rings. The molecule has 0 unspecified atom stereocenters. The Balaban J connectivity index is 2.74. The van der Waals surface area contributed by atoms with Crippen LogP contribution in [0.3, 0.4) is 0 Å². The summed E-state index contributed by atoms with van der Waals surface area (Å²) in [4.78, 5) is 12.7. The van der Waals surface area contributed by atoms with Gasteiger partial charge < -0.3 is 5.11 Å². The summed E-state index contributed by atoms with van der Waals surface area (Å²) in [7, 11) is 3.57. The Kier molecular flexibility index (Phi) is 3.86. The number of likely N-dealkylation sites (N-methyl/N-ethyl adjacent to an activating group) is 1. The Morgan fingerprint density at radius 2 is 1.87 bits per heavy atom. The number of hydrogen-bond donors (Lipinski definition) is 1. The van der Waals surface area contributed by atoms with Crippen LogP contribution < -0.4 is 0 Å². The molecular weight excluding hydrogens is 190 g/mol. The van der Waals surface area contributed by atoms with Crippen LogP contribution in [0, 0.1) is 6.92 Å². The largest absolute Gasteiger partial charge is 0.480 e. The van der Waals surface area contributed by atoms with Crippen LogP contribution in [-0.2, 0) is 11.2 Å². The van der Waals surface area contributed by atoms with E-state index in [2.05, 4.69) is 0 Å². The van der Waals surface area contributed by atoms with Crippen LogP contribution in [0.4, 0.5) is 0 Å². The smallest absolute Gasteiger partial charge is 0.321 e. The van der Waals surface area contributed by atoms with Crippen molar-refractivity contribution in [2.24, 2.45) is 0 Å². The van der Waals surface area contributed by atoms with E-state index in [1.807, 2.05) is 31.2 Å². The summed E-state index contributed by atoms with van der Waals surface area (Å²) >= 11 is 0. The number of carboxylic acid groups (broad SMARTS) is 1. The third-order valence-electron chi connectivity index (χ3n) is 2.46. The lowest BCUT2D eigenvalue weighted by Gasteiger charge is -2.19. The first-order valence-electron chi connectivity index (χ1n) is 4.95. The fourth-order valence-corrected chi connectivity index (χ4v) is 1.44. The molecule has 0 aliphatic rings. The number of hydrogen-bond acceptors (Lipinski definition) is 2. The molecule has 0 amide bonds. The molecule has 0 aromatic heterocycles. The Hall–Kier alpha value is -1.35. The van der Waals surface area contributed by atoms with E-state index in [0.717, 1.165) is 5.56 Å². The summed E-state index contributed by atoms with van der Waals surface area (Å²) in [6.45, 7) is 2.02. The van der Waals surface area contributed by atoms with Gasteiger partial charge in [0.25, 0.3) is 0 Å². The summed E-state index contributed by atoms with van der Waals surface area (Å²) < 4.78 is 0. The van der Waals surface area contributed by atoms with Gasteiger partial charge in [-0.3, -0.25) is 9.69 Å². The minimum Gasteiger partial charge on any atom is -0.480 e. The molecule has 1 aromatic rings. The fourth-order valence-electron chi connectivity index (χ4n) is 1.44. The number of carbonyl (C=O) groups is 1. The van der Waals surface area contributed by atoms with Crippen LogP contribution in [-0.4, -0.2) is 36.1 Å². The maximum atomic E-state index is 11.0. The minimum absolute atomic E-state index is 0.451. The Bertz CT molecular complexity index is 330. The topological polar surface area (TPSA) is 40.5 Å². The number of nitrogens with zero attached hydrogens (tertiary/aromatic N) is 1. The molecule has 0 bridgehead atoms. The van der Waals surface area contributed by atoms with Gasteiger partial charge in [-0.1, -0.05) is 29.8 Å². The van der Waals surface area contributed by atoms with E-state index < -0.39 is 12.0 Å². The van der Waals surface area contributed by atoms with Gasteiger partial charge in [0.2, 0.25) is 0 Å². The maximum absolute atomic E-state index is 11.0. The molecule has 0 radical (unpaired) electrons. The van der Waals surface area contributed by atoms with Crippen LogP contribution in [0.25, 0.3) is 0 Å². The molecule has 1 atom stereocenters. The minimum atomic E-state index is -0.777.